The smallest absolute Gasteiger partial charge is 0.416 e. The van der Waals surface area contributed by atoms with Gasteiger partial charge >= 0.3 is 12.2 Å². The lowest BCUT2D eigenvalue weighted by Gasteiger charge is -2.35. The lowest BCUT2D eigenvalue weighted by molar-refractivity contribution is -0.137. The number of hydrogen-bond acceptors (Lipinski definition) is 3. The minimum absolute atomic E-state index is 0.0923. The molecule has 3 amide bonds. The van der Waals surface area contributed by atoms with Crippen LogP contribution in [0.25, 0.3) is 32.7 Å². The Kier molecular flexibility index (Phi) is 9.60. The zero-order valence-electron chi connectivity index (χ0n) is 31.0. The number of benzene rings is 4. The zero-order chi connectivity index (χ0) is 39.3. The fourth-order valence-corrected chi connectivity index (χ4v) is 8.52. The number of carbonyl (C=O) groups is 2. The molecule has 0 unspecified atom stereocenters. The number of amides is 3. The van der Waals surface area contributed by atoms with E-state index in [0.717, 1.165) is 49.0 Å². The van der Waals surface area contributed by atoms with Gasteiger partial charge in [-0.2, -0.15) is 13.2 Å². The number of likely N-dealkylation sites (tertiary alicyclic amines) is 1. The number of urea groups is 1. The fraction of sp³-hybridized carbons (Fsp3) is 0.273. The summed E-state index contributed by atoms with van der Waals surface area (Å²) in [6.07, 6.45) is -1.50. The minimum Gasteiger partial charge on any atom is -0.490 e. The summed E-state index contributed by atoms with van der Waals surface area (Å²) < 4.78 is 43.7. The Bertz CT molecular complexity index is 2510. The summed E-state index contributed by atoms with van der Waals surface area (Å²) in [4.78, 5) is 42.0. The number of piperidine rings is 1. The van der Waals surface area contributed by atoms with Crippen LogP contribution >= 0.6 is 11.6 Å². The fourth-order valence-electron chi connectivity index (χ4n) is 8.34. The summed E-state index contributed by atoms with van der Waals surface area (Å²) in [5, 5.41) is 3.97. The SMILES string of the molecule is O=C(N1CCc2[nH]c3ccccc3c2C1)N1CCc2[nH]c3ccccc3c2C1.O=C(c1cc2cc(Cl)ccc2[nH]1)N1CCC(Oc2ccc(C(F)(F)F)cc2)CC1. The monoisotopic (exact) mass is 792 g/mol. The molecule has 0 bridgehead atoms. The number of halogens is 4. The van der Waals surface area contributed by atoms with Crippen LogP contribution in [0.4, 0.5) is 18.0 Å². The number of hydrogen-bond donors (Lipinski definition) is 3. The first-order valence-electron chi connectivity index (χ1n) is 19.2. The number of ether oxygens (including phenoxy) is 1. The van der Waals surface area contributed by atoms with Crippen molar-refractivity contribution in [3.05, 3.63) is 136 Å². The average Bonchev–Trinajstić information content (AvgIpc) is 3.93. The topological polar surface area (TPSA) is 100 Å². The second-order valence-corrected chi connectivity index (χ2v) is 15.4. The van der Waals surface area contributed by atoms with Gasteiger partial charge in [0.2, 0.25) is 0 Å². The number of nitrogens with one attached hydrogen (secondary N) is 3. The van der Waals surface area contributed by atoms with E-state index in [0.29, 0.717) is 55.5 Å². The molecule has 7 aromatic rings. The quantitative estimate of drug-likeness (QED) is 0.166. The summed E-state index contributed by atoms with van der Waals surface area (Å²) in [6, 6.07) is 28.8. The van der Waals surface area contributed by atoms with Crippen LogP contribution in [0.15, 0.2) is 97.1 Å². The first-order chi connectivity index (χ1) is 27.6. The van der Waals surface area contributed by atoms with Crippen molar-refractivity contribution in [2.75, 3.05) is 26.2 Å². The molecule has 9 nitrogen and oxygen atoms in total. The van der Waals surface area contributed by atoms with Gasteiger partial charge in [0.15, 0.2) is 0 Å². The number of alkyl halides is 3. The van der Waals surface area contributed by atoms with E-state index < -0.39 is 11.7 Å². The van der Waals surface area contributed by atoms with Gasteiger partial charge < -0.3 is 34.4 Å². The van der Waals surface area contributed by atoms with Crippen molar-refractivity contribution in [1.82, 2.24) is 29.7 Å². The van der Waals surface area contributed by atoms with Crippen LogP contribution in [-0.4, -0.2) is 73.9 Å². The Morgan fingerprint density at radius 2 is 1.25 bits per heavy atom. The zero-order valence-corrected chi connectivity index (χ0v) is 31.7. The van der Waals surface area contributed by atoms with E-state index in [1.807, 2.05) is 15.9 Å². The van der Waals surface area contributed by atoms with Gasteiger partial charge in [-0.3, -0.25) is 4.79 Å². The Hall–Kier alpha value is -5.88. The molecular weight excluding hydrogens is 753 g/mol. The van der Waals surface area contributed by atoms with Crippen molar-refractivity contribution in [2.24, 2.45) is 0 Å². The molecule has 292 valence electrons. The molecule has 0 saturated carbocycles. The van der Waals surface area contributed by atoms with E-state index in [1.165, 1.54) is 56.5 Å². The van der Waals surface area contributed by atoms with Gasteiger partial charge in [0.05, 0.1) is 5.56 Å². The molecule has 0 spiro atoms. The van der Waals surface area contributed by atoms with Gasteiger partial charge in [-0.05, 0) is 60.7 Å². The van der Waals surface area contributed by atoms with Crippen molar-refractivity contribution in [3.8, 4) is 5.75 Å². The van der Waals surface area contributed by atoms with E-state index in [2.05, 4.69) is 63.5 Å². The third-order valence-electron chi connectivity index (χ3n) is 11.3. The number of para-hydroxylation sites is 2. The van der Waals surface area contributed by atoms with E-state index in [9.17, 15) is 22.8 Å². The van der Waals surface area contributed by atoms with E-state index in [-0.39, 0.29) is 18.0 Å². The lowest BCUT2D eigenvalue weighted by atomic mass is 10.0. The van der Waals surface area contributed by atoms with Gasteiger partial charge in [0.1, 0.15) is 17.5 Å². The maximum absolute atomic E-state index is 13.3. The predicted octanol–water partition coefficient (Wildman–Crippen LogP) is 9.71. The Morgan fingerprint density at radius 1 is 0.667 bits per heavy atom. The summed E-state index contributed by atoms with van der Waals surface area (Å²) in [5.41, 5.74) is 8.10. The molecule has 3 N–H and O–H groups in total. The first-order valence-corrected chi connectivity index (χ1v) is 19.6. The molecule has 6 heterocycles. The number of H-pyrrole nitrogens is 3. The maximum Gasteiger partial charge on any atom is 0.416 e. The molecule has 13 heteroatoms. The predicted molar refractivity (Wildman–Crippen MR) is 215 cm³/mol. The highest BCUT2D eigenvalue weighted by atomic mass is 35.5. The lowest BCUT2D eigenvalue weighted by Crippen LogP contribution is -2.46. The van der Waals surface area contributed by atoms with Crippen molar-refractivity contribution in [1.29, 1.82) is 0 Å². The molecule has 3 aliphatic heterocycles. The van der Waals surface area contributed by atoms with Crippen LogP contribution in [0.5, 0.6) is 5.75 Å². The molecule has 0 atom stereocenters. The highest BCUT2D eigenvalue weighted by molar-refractivity contribution is 6.31. The maximum atomic E-state index is 13.3. The molecule has 1 fully saturated rings. The van der Waals surface area contributed by atoms with Crippen LogP contribution in [0, 0.1) is 0 Å². The Labute approximate surface area is 331 Å². The van der Waals surface area contributed by atoms with Crippen LogP contribution in [0.3, 0.4) is 0 Å². The summed E-state index contributed by atoms with van der Waals surface area (Å²) in [6.45, 7) is 3.96. The molecule has 0 radical (unpaired) electrons. The molecular formula is C44H40ClF3N6O3. The van der Waals surface area contributed by atoms with Gasteiger partial charge in [-0.1, -0.05) is 48.0 Å². The first kappa shape index (κ1) is 36.7. The van der Waals surface area contributed by atoms with Gasteiger partial charge in [-0.25, -0.2) is 4.79 Å². The molecule has 1 saturated heterocycles. The molecule has 0 aliphatic carbocycles. The van der Waals surface area contributed by atoms with Gasteiger partial charge in [0.25, 0.3) is 5.91 Å². The number of carbonyl (C=O) groups excluding carboxylic acids is 2. The highest BCUT2D eigenvalue weighted by Crippen LogP contribution is 2.33. The third-order valence-corrected chi connectivity index (χ3v) is 11.6. The number of nitrogens with zero attached hydrogens (tertiary/aromatic N) is 3. The van der Waals surface area contributed by atoms with Crippen LogP contribution < -0.4 is 4.74 Å². The second-order valence-electron chi connectivity index (χ2n) is 14.9. The minimum atomic E-state index is -4.36. The van der Waals surface area contributed by atoms with E-state index in [1.54, 1.807) is 23.1 Å². The molecule has 10 rings (SSSR count). The molecule has 57 heavy (non-hydrogen) atoms. The largest absolute Gasteiger partial charge is 0.490 e. The van der Waals surface area contributed by atoms with Crippen LogP contribution in [0.1, 0.15) is 51.4 Å². The summed E-state index contributed by atoms with van der Waals surface area (Å²) in [7, 11) is 0. The van der Waals surface area contributed by atoms with Crippen molar-refractivity contribution < 1.29 is 27.5 Å². The number of rotatable bonds is 3. The summed E-state index contributed by atoms with van der Waals surface area (Å²) >= 11 is 5.99. The van der Waals surface area contributed by atoms with Crippen molar-refractivity contribution >= 4 is 56.2 Å². The van der Waals surface area contributed by atoms with Crippen LogP contribution in [-0.2, 0) is 32.1 Å². The molecule has 4 aromatic carbocycles. The van der Waals surface area contributed by atoms with Gasteiger partial charge in [-0.15, -0.1) is 0 Å². The normalized spacial score (nSPS) is 16.0. The third kappa shape index (κ3) is 7.41. The number of aromatic amines is 3. The highest BCUT2D eigenvalue weighted by Gasteiger charge is 2.32. The van der Waals surface area contributed by atoms with Crippen molar-refractivity contribution in [2.45, 2.75) is 51.1 Å². The van der Waals surface area contributed by atoms with Crippen LogP contribution in [0.2, 0.25) is 5.02 Å². The molecule has 3 aliphatic rings. The number of aromatic nitrogens is 3. The van der Waals surface area contributed by atoms with Crippen molar-refractivity contribution in [3.63, 3.8) is 0 Å². The molecule has 3 aromatic heterocycles. The standard InChI is InChI=1S/C23H22N4O.C21H18ClF3N2O2/c28-23(26-11-9-21-17(13-26)15-5-1-3-7-19(15)24-21)27-12-10-22-18(14-27)16-6-2-4-8-20(16)25-22;22-15-3-6-18-13(11-15)12-19(26-18)20(28)27-9-7-17(8-10-27)29-16-4-1-14(2-5-16)21(23,24)25/h1-8,24-25H,9-14H2;1-6,11-12,17,26H,7-10H2. The van der Waals surface area contributed by atoms with E-state index in [4.69, 9.17) is 16.3 Å². The summed E-state index contributed by atoms with van der Waals surface area (Å²) in [5.74, 6) is 0.306. The Balaban J connectivity index is 0.000000148. The average molecular weight is 793 g/mol. The number of fused-ring (bicyclic) bond motifs is 7. The second kappa shape index (κ2) is 14.9. The van der Waals surface area contributed by atoms with Gasteiger partial charge in [0, 0.05) is 125 Å². The Morgan fingerprint density at radius 3 is 1.82 bits per heavy atom. The van der Waals surface area contributed by atoms with E-state index >= 15 is 0 Å².